The first-order valence-corrected chi connectivity index (χ1v) is 12.8. The van der Waals surface area contributed by atoms with E-state index >= 15 is 0 Å². The number of rotatable bonds is 22. The van der Waals surface area contributed by atoms with E-state index in [1.807, 2.05) is 0 Å². The van der Waals surface area contributed by atoms with Gasteiger partial charge in [0, 0.05) is 13.1 Å². The first-order chi connectivity index (χ1) is 13.7. The maximum Gasteiger partial charge on any atom is 0.188 e. The maximum atomic E-state index is 7.81. The summed E-state index contributed by atoms with van der Waals surface area (Å²) in [7, 11) is 0. The Kier molecular flexibility index (Phi) is 22.0. The van der Waals surface area contributed by atoms with Crippen molar-refractivity contribution < 1.29 is 0 Å². The van der Waals surface area contributed by atoms with Crippen molar-refractivity contribution >= 4 is 5.96 Å². The molecule has 0 radical (unpaired) electrons. The highest BCUT2D eigenvalue weighted by Gasteiger charge is 2.05. The fraction of sp³-hybridized carbons (Fsp3) is 0.960. The molecule has 0 bridgehead atoms. The minimum absolute atomic E-state index is 0.270. The summed E-state index contributed by atoms with van der Waals surface area (Å²) < 4.78 is 0. The number of guanidine groups is 1. The minimum Gasteiger partial charge on any atom is -0.370 e. The van der Waals surface area contributed by atoms with Gasteiger partial charge in [-0.2, -0.15) is 0 Å². The quantitative estimate of drug-likeness (QED) is 0.111. The highest BCUT2D eigenvalue weighted by Crippen LogP contribution is 2.12. The van der Waals surface area contributed by atoms with Crippen LogP contribution in [0.15, 0.2) is 0 Å². The molecule has 3 nitrogen and oxygen atoms in total. The Morgan fingerprint density at radius 1 is 0.500 bits per heavy atom. The van der Waals surface area contributed by atoms with Gasteiger partial charge in [0.2, 0.25) is 0 Å². The Bertz CT molecular complexity index is 293. The van der Waals surface area contributed by atoms with E-state index in [1.165, 1.54) is 128 Å². The molecule has 0 heterocycles. The van der Waals surface area contributed by atoms with Crippen LogP contribution in [0.3, 0.4) is 0 Å². The number of hydrogen-bond acceptors (Lipinski definition) is 1. The first-order valence-electron chi connectivity index (χ1n) is 12.8. The molecule has 0 aromatic carbocycles. The Morgan fingerprint density at radius 3 is 1.00 bits per heavy atom. The van der Waals surface area contributed by atoms with Crippen LogP contribution in [0.25, 0.3) is 0 Å². The molecule has 28 heavy (non-hydrogen) atoms. The number of nitrogens with zero attached hydrogens (tertiary/aromatic N) is 1. The number of hydrogen-bond donors (Lipinski definition) is 2. The highest BCUT2D eigenvalue weighted by atomic mass is 15.2. The zero-order valence-corrected chi connectivity index (χ0v) is 19.6. The summed E-state index contributed by atoms with van der Waals surface area (Å²) in [5.74, 6) is 0.270. The minimum atomic E-state index is 0.270. The molecule has 0 fully saturated rings. The topological polar surface area (TPSA) is 53.1 Å². The van der Waals surface area contributed by atoms with Crippen LogP contribution < -0.4 is 5.73 Å². The zero-order valence-electron chi connectivity index (χ0n) is 19.6. The molecule has 0 aliphatic rings. The third kappa shape index (κ3) is 20.0. The van der Waals surface area contributed by atoms with Crippen LogP contribution >= 0.6 is 0 Å². The molecule has 0 saturated carbocycles. The normalized spacial score (nSPS) is 11.1. The van der Waals surface area contributed by atoms with Crippen molar-refractivity contribution in [3.63, 3.8) is 0 Å². The lowest BCUT2D eigenvalue weighted by atomic mass is 10.1. The Balaban J connectivity index is 3.45. The van der Waals surface area contributed by atoms with Gasteiger partial charge >= 0.3 is 0 Å². The highest BCUT2D eigenvalue weighted by molar-refractivity contribution is 5.74. The van der Waals surface area contributed by atoms with Crippen LogP contribution in [-0.4, -0.2) is 23.9 Å². The van der Waals surface area contributed by atoms with E-state index in [4.69, 9.17) is 11.1 Å². The molecular formula is C25H53N3. The number of unbranched alkanes of at least 4 members (excludes halogenated alkanes) is 18. The van der Waals surface area contributed by atoms with E-state index in [-0.39, 0.29) is 5.96 Å². The molecule has 0 spiro atoms. The van der Waals surface area contributed by atoms with Crippen molar-refractivity contribution in [2.24, 2.45) is 5.73 Å². The molecule has 0 aliphatic heterocycles. The smallest absolute Gasteiger partial charge is 0.188 e. The molecule has 0 amide bonds. The van der Waals surface area contributed by atoms with Gasteiger partial charge in [-0.15, -0.1) is 0 Å². The summed E-state index contributed by atoms with van der Waals surface area (Å²) >= 11 is 0. The van der Waals surface area contributed by atoms with Gasteiger partial charge in [-0.3, -0.25) is 5.41 Å². The lowest BCUT2D eigenvalue weighted by molar-refractivity contribution is 0.378. The lowest BCUT2D eigenvalue weighted by Gasteiger charge is -2.22. The Morgan fingerprint density at radius 2 is 0.750 bits per heavy atom. The van der Waals surface area contributed by atoms with Crippen molar-refractivity contribution in [2.75, 3.05) is 13.1 Å². The summed E-state index contributed by atoms with van der Waals surface area (Å²) in [4.78, 5) is 2.09. The molecule has 3 N–H and O–H groups in total. The van der Waals surface area contributed by atoms with Crippen molar-refractivity contribution in [2.45, 2.75) is 142 Å². The van der Waals surface area contributed by atoms with Gasteiger partial charge in [0.1, 0.15) is 0 Å². The van der Waals surface area contributed by atoms with Gasteiger partial charge in [0.05, 0.1) is 0 Å². The Labute approximate surface area is 177 Å². The second-order valence-corrected chi connectivity index (χ2v) is 8.74. The largest absolute Gasteiger partial charge is 0.370 e. The average Bonchev–Trinajstić information content (AvgIpc) is 2.68. The van der Waals surface area contributed by atoms with Crippen molar-refractivity contribution in [1.82, 2.24) is 4.90 Å². The van der Waals surface area contributed by atoms with Crippen LogP contribution in [0.1, 0.15) is 142 Å². The van der Waals surface area contributed by atoms with Crippen LogP contribution in [-0.2, 0) is 0 Å². The van der Waals surface area contributed by atoms with Crippen LogP contribution in [0.5, 0.6) is 0 Å². The van der Waals surface area contributed by atoms with Crippen LogP contribution in [0.4, 0.5) is 0 Å². The van der Waals surface area contributed by atoms with Crippen LogP contribution in [0, 0.1) is 5.41 Å². The third-order valence-electron chi connectivity index (χ3n) is 5.90. The summed E-state index contributed by atoms with van der Waals surface area (Å²) in [5, 5.41) is 7.81. The van der Waals surface area contributed by atoms with Gasteiger partial charge in [0.15, 0.2) is 5.96 Å². The molecule has 0 aromatic heterocycles. The van der Waals surface area contributed by atoms with Gasteiger partial charge in [-0.25, -0.2) is 0 Å². The van der Waals surface area contributed by atoms with E-state index < -0.39 is 0 Å². The molecule has 168 valence electrons. The van der Waals surface area contributed by atoms with E-state index in [0.29, 0.717) is 0 Å². The van der Waals surface area contributed by atoms with E-state index in [2.05, 4.69) is 18.7 Å². The molecule has 0 saturated heterocycles. The van der Waals surface area contributed by atoms with Gasteiger partial charge < -0.3 is 10.6 Å². The predicted molar refractivity (Wildman–Crippen MR) is 127 cm³/mol. The van der Waals surface area contributed by atoms with Crippen molar-refractivity contribution in [3.05, 3.63) is 0 Å². The fourth-order valence-electron chi connectivity index (χ4n) is 3.93. The molecule has 0 rings (SSSR count). The summed E-state index contributed by atoms with van der Waals surface area (Å²) in [6.07, 6.45) is 27.2. The molecule has 0 unspecified atom stereocenters. The monoisotopic (exact) mass is 395 g/mol. The second kappa shape index (κ2) is 22.6. The standard InChI is InChI=1S/C25H53N3/c1-3-5-7-9-11-13-15-17-19-21-23-28(25(26)27)24-22-20-18-16-14-12-10-8-6-4-2/h3-24H2,1-2H3,(H3,26,27). The maximum absolute atomic E-state index is 7.81. The van der Waals surface area contributed by atoms with E-state index in [9.17, 15) is 0 Å². The van der Waals surface area contributed by atoms with Crippen molar-refractivity contribution in [1.29, 1.82) is 5.41 Å². The fourth-order valence-corrected chi connectivity index (χ4v) is 3.93. The third-order valence-corrected chi connectivity index (χ3v) is 5.90. The molecule has 0 atom stereocenters. The number of nitrogens with two attached hydrogens (primary N) is 1. The van der Waals surface area contributed by atoms with E-state index in [1.54, 1.807) is 0 Å². The molecule has 0 aliphatic carbocycles. The molecular weight excluding hydrogens is 342 g/mol. The van der Waals surface area contributed by atoms with E-state index in [0.717, 1.165) is 13.1 Å². The summed E-state index contributed by atoms with van der Waals surface area (Å²) in [6.45, 7) is 6.51. The van der Waals surface area contributed by atoms with Gasteiger partial charge in [-0.05, 0) is 12.8 Å². The number of nitrogens with one attached hydrogen (secondary N) is 1. The van der Waals surface area contributed by atoms with Gasteiger partial charge in [-0.1, -0.05) is 129 Å². The zero-order chi connectivity index (χ0) is 20.7. The SMILES string of the molecule is CCCCCCCCCCCCN(CCCCCCCCCCCC)C(=N)N. The average molecular weight is 396 g/mol. The molecule has 0 aromatic rings. The predicted octanol–water partition coefficient (Wildman–Crippen LogP) is 8.02. The van der Waals surface area contributed by atoms with Gasteiger partial charge in [0.25, 0.3) is 0 Å². The lowest BCUT2D eigenvalue weighted by Crippen LogP contribution is -2.37. The Hall–Kier alpha value is -0.730. The van der Waals surface area contributed by atoms with Crippen LogP contribution in [0.2, 0.25) is 0 Å². The first kappa shape index (κ1) is 27.3. The summed E-state index contributed by atoms with van der Waals surface area (Å²) in [5.41, 5.74) is 5.79. The summed E-state index contributed by atoms with van der Waals surface area (Å²) in [6, 6.07) is 0. The second-order valence-electron chi connectivity index (χ2n) is 8.74. The van der Waals surface area contributed by atoms with Crippen molar-refractivity contribution in [3.8, 4) is 0 Å². The molecule has 3 heteroatoms.